The van der Waals surface area contributed by atoms with Crippen LogP contribution in [0.15, 0.2) is 59.0 Å². The van der Waals surface area contributed by atoms with Crippen LogP contribution in [0, 0.1) is 11.8 Å². The van der Waals surface area contributed by atoms with Crippen LogP contribution in [0.5, 0.6) is 0 Å². The summed E-state index contributed by atoms with van der Waals surface area (Å²) in [5.74, 6) is -1.24. The minimum atomic E-state index is -0.370. The summed E-state index contributed by atoms with van der Waals surface area (Å²) in [6, 6.07) is 5.69. The van der Waals surface area contributed by atoms with E-state index in [9.17, 15) is 19.5 Å². The summed E-state index contributed by atoms with van der Waals surface area (Å²) in [6.45, 7) is 20.3. The first-order chi connectivity index (χ1) is 25.1. The van der Waals surface area contributed by atoms with Crippen LogP contribution in [0.2, 0.25) is 0 Å². The smallest absolute Gasteiger partial charge is 0.227 e. The van der Waals surface area contributed by atoms with Crippen molar-refractivity contribution in [3.05, 3.63) is 64.6 Å². The molecular formula is C44H66N4O4. The molecule has 0 heterocycles. The van der Waals surface area contributed by atoms with E-state index in [0.29, 0.717) is 35.4 Å². The molecule has 0 bridgehead atoms. The molecule has 2 aliphatic carbocycles. The van der Waals surface area contributed by atoms with Gasteiger partial charge in [0.1, 0.15) is 13.1 Å². The molecule has 0 saturated carbocycles. The number of nitrogens with zero attached hydrogens (tertiary/aromatic N) is 2. The minimum Gasteiger partial charge on any atom is -0.871 e. The van der Waals surface area contributed by atoms with Gasteiger partial charge in [-0.2, -0.15) is 0 Å². The van der Waals surface area contributed by atoms with Gasteiger partial charge < -0.3 is 20.6 Å². The molecule has 0 aromatic heterocycles. The molecule has 52 heavy (non-hydrogen) atoms. The number of allylic oxidation sites excluding steroid dienone is 5. The highest BCUT2D eigenvalue weighted by atomic mass is 16.3. The summed E-state index contributed by atoms with van der Waals surface area (Å²) in [4.78, 5) is 43.8. The van der Waals surface area contributed by atoms with E-state index in [4.69, 9.17) is 0 Å². The molecule has 8 heteroatoms. The van der Waals surface area contributed by atoms with Crippen molar-refractivity contribution in [1.29, 1.82) is 0 Å². The molecule has 2 amide bonds. The van der Waals surface area contributed by atoms with Crippen molar-refractivity contribution >= 4 is 40.3 Å². The first kappa shape index (κ1) is 42.5. The molecule has 1 aromatic rings. The van der Waals surface area contributed by atoms with Crippen molar-refractivity contribution in [3.8, 4) is 0 Å². The van der Waals surface area contributed by atoms with Gasteiger partial charge in [-0.3, -0.25) is 14.4 Å². The van der Waals surface area contributed by atoms with Crippen LogP contribution in [0.4, 0.5) is 11.4 Å². The Morgan fingerprint density at radius 3 is 1.83 bits per heavy atom. The molecule has 0 fully saturated rings. The van der Waals surface area contributed by atoms with Crippen LogP contribution in [0.3, 0.4) is 0 Å². The minimum absolute atomic E-state index is 0.0744. The van der Waals surface area contributed by atoms with Gasteiger partial charge in [-0.1, -0.05) is 92.9 Å². The Hall–Kier alpha value is -3.94. The zero-order chi connectivity index (χ0) is 38.2. The predicted molar refractivity (Wildman–Crippen MR) is 214 cm³/mol. The number of amides is 2. The molecule has 3 rings (SSSR count). The monoisotopic (exact) mass is 715 g/mol. The fourth-order valence-corrected chi connectivity index (χ4v) is 7.22. The van der Waals surface area contributed by atoms with Crippen LogP contribution < -0.4 is 20.6 Å². The van der Waals surface area contributed by atoms with Gasteiger partial charge in [-0.05, 0) is 56.7 Å². The molecule has 0 radical (unpaired) electrons. The lowest BCUT2D eigenvalue weighted by molar-refractivity contribution is -0.526. The van der Waals surface area contributed by atoms with Crippen LogP contribution >= 0.6 is 0 Å². The van der Waals surface area contributed by atoms with E-state index in [1.165, 1.54) is 0 Å². The molecule has 2 N–H and O–H groups in total. The molecule has 8 nitrogen and oxygen atoms in total. The largest absolute Gasteiger partial charge is 0.871 e. The van der Waals surface area contributed by atoms with Gasteiger partial charge in [-0.15, -0.1) is 0 Å². The predicted octanol–water partition coefficient (Wildman–Crippen LogP) is 8.48. The second-order valence-electron chi connectivity index (χ2n) is 14.3. The number of unbranched alkanes of at least 4 members (excludes halogenated alkanes) is 2. The van der Waals surface area contributed by atoms with Crippen molar-refractivity contribution < 1.29 is 24.1 Å². The van der Waals surface area contributed by atoms with Crippen molar-refractivity contribution in [1.82, 2.24) is 5.32 Å². The summed E-state index contributed by atoms with van der Waals surface area (Å²) in [6.07, 6.45) is 16.5. The molecular weight excluding hydrogens is 649 g/mol. The number of carbonyl (C=O) groups excluding carboxylic acids is 3. The van der Waals surface area contributed by atoms with Gasteiger partial charge in [0.05, 0.1) is 11.4 Å². The fraction of sp³-hybridized carbons (Fsp3) is 0.591. The van der Waals surface area contributed by atoms with E-state index in [1.807, 2.05) is 50.3 Å². The maximum atomic E-state index is 14.2. The van der Waals surface area contributed by atoms with E-state index in [-0.39, 0.29) is 46.3 Å². The molecule has 2 unspecified atom stereocenters. The number of benzene rings is 1. The quantitative estimate of drug-likeness (QED) is 0.0927. The zero-order valence-corrected chi connectivity index (χ0v) is 33.5. The van der Waals surface area contributed by atoms with Gasteiger partial charge in [-0.25, -0.2) is 4.58 Å². The summed E-state index contributed by atoms with van der Waals surface area (Å²) < 4.78 is 2.28. The number of carbonyl (C=O) groups is 3. The van der Waals surface area contributed by atoms with E-state index in [1.54, 1.807) is 0 Å². The standard InChI is InChI=1S/C44H66N4O4/c1-9-17-19-31(15-7)43(51)45-37-29-33(47(25-11-3)26-12-4)21-23-35(37)39-41(49)40(42(39)50)36-24-22-34(48(27-13-5)28-14-6)30-38(36)46-44(52)32(16-8)20-18-10-2/h21-24,29-32H,9-20,25-28H2,1-8H3,(H2,45,46,49,50,51,52). The fourth-order valence-electron chi connectivity index (χ4n) is 7.22. The van der Waals surface area contributed by atoms with Gasteiger partial charge in [0.25, 0.3) is 0 Å². The second-order valence-corrected chi connectivity index (χ2v) is 14.3. The Kier molecular flexibility index (Phi) is 17.6. The highest BCUT2D eigenvalue weighted by molar-refractivity contribution is 6.40. The molecule has 2 atom stereocenters. The summed E-state index contributed by atoms with van der Waals surface area (Å²) in [5.41, 5.74) is 3.92. The Labute approximate surface area is 314 Å². The summed E-state index contributed by atoms with van der Waals surface area (Å²) in [7, 11) is 0. The van der Waals surface area contributed by atoms with E-state index >= 15 is 0 Å². The first-order valence-electron chi connectivity index (χ1n) is 20.4. The average Bonchev–Trinajstić information content (AvgIpc) is 3.13. The van der Waals surface area contributed by atoms with E-state index in [0.717, 1.165) is 102 Å². The lowest BCUT2D eigenvalue weighted by Gasteiger charge is -2.35. The highest BCUT2D eigenvalue weighted by Crippen LogP contribution is 2.42. The third kappa shape index (κ3) is 10.6. The molecule has 286 valence electrons. The summed E-state index contributed by atoms with van der Waals surface area (Å²) >= 11 is 0. The highest BCUT2D eigenvalue weighted by Gasteiger charge is 2.35. The first-order valence-corrected chi connectivity index (χ1v) is 20.4. The third-order valence-corrected chi connectivity index (χ3v) is 10.2. The number of hydrogen-bond donors (Lipinski definition) is 2. The number of Topliss-reactive ketones (excluding diaryl/α,β-unsaturated/α-hetero) is 1. The number of anilines is 2. The average molecular weight is 715 g/mol. The number of rotatable bonds is 22. The van der Waals surface area contributed by atoms with Gasteiger partial charge in [0.15, 0.2) is 5.78 Å². The number of nitrogens with one attached hydrogen (secondary N) is 2. The van der Waals surface area contributed by atoms with Crippen molar-refractivity contribution in [2.24, 2.45) is 11.8 Å². The normalized spacial score (nSPS) is 16.7. The topological polar surface area (TPSA) is 105 Å². The van der Waals surface area contributed by atoms with Gasteiger partial charge in [0.2, 0.25) is 17.5 Å². The molecule has 0 saturated heterocycles. The molecule has 2 aliphatic rings. The van der Waals surface area contributed by atoms with E-state index < -0.39 is 0 Å². The SMILES string of the molecule is CCCCC(CC)C(=O)NC1=CC(=[N+](CCC)CCC)C=C/C1=C1\C(=O)C(c2ccc(N(CCC)CCC)cc2NC(=O)C(CC)CCCC)=C1[O-]. The second kappa shape index (κ2) is 21.6. The Bertz CT molecular complexity index is 1550. The van der Waals surface area contributed by atoms with Crippen LogP contribution in [-0.2, 0) is 14.4 Å². The van der Waals surface area contributed by atoms with Crippen molar-refractivity contribution in [3.63, 3.8) is 0 Å². The maximum Gasteiger partial charge on any atom is 0.227 e. The summed E-state index contributed by atoms with van der Waals surface area (Å²) in [5, 5.41) is 20.5. The Morgan fingerprint density at radius 1 is 0.750 bits per heavy atom. The molecule has 1 aromatic carbocycles. The van der Waals surface area contributed by atoms with Crippen LogP contribution in [0.25, 0.3) is 5.57 Å². The van der Waals surface area contributed by atoms with Crippen molar-refractivity contribution in [2.75, 3.05) is 36.4 Å². The van der Waals surface area contributed by atoms with Gasteiger partial charge in [0, 0.05) is 77.9 Å². The lowest BCUT2D eigenvalue weighted by atomic mass is 9.78. The Balaban J connectivity index is 2.18. The zero-order valence-electron chi connectivity index (χ0n) is 33.5. The lowest BCUT2D eigenvalue weighted by Crippen LogP contribution is -2.36. The molecule has 0 aliphatic heterocycles. The van der Waals surface area contributed by atoms with Crippen LogP contribution in [-0.4, -0.2) is 54.1 Å². The van der Waals surface area contributed by atoms with Crippen LogP contribution in [0.1, 0.15) is 138 Å². The number of hydrogen-bond acceptors (Lipinski definition) is 5. The third-order valence-electron chi connectivity index (χ3n) is 10.2. The van der Waals surface area contributed by atoms with E-state index in [2.05, 4.69) is 61.7 Å². The van der Waals surface area contributed by atoms with Gasteiger partial charge >= 0.3 is 0 Å². The maximum absolute atomic E-state index is 14.2. The molecule has 0 spiro atoms. The number of ketones is 1. The van der Waals surface area contributed by atoms with Crippen molar-refractivity contribution in [2.45, 2.75) is 132 Å². The Morgan fingerprint density at radius 2 is 1.33 bits per heavy atom.